The molecule has 2 aromatic rings. The zero-order valence-corrected chi connectivity index (χ0v) is 14.2. The van der Waals surface area contributed by atoms with E-state index < -0.39 is 10.8 Å². The number of nitro groups is 1. The number of piperidine rings is 1. The summed E-state index contributed by atoms with van der Waals surface area (Å²) in [6.45, 7) is 1.73. The van der Waals surface area contributed by atoms with E-state index in [4.69, 9.17) is 5.73 Å². The van der Waals surface area contributed by atoms with E-state index in [2.05, 4.69) is 10.3 Å². The Hall–Kier alpha value is -3.48. The number of allylic oxidation sites excluding steroid dienone is 1. The second kappa shape index (κ2) is 7.18. The maximum absolute atomic E-state index is 12.2. The summed E-state index contributed by atoms with van der Waals surface area (Å²) in [6.07, 6.45) is 0.152. The van der Waals surface area contributed by atoms with Gasteiger partial charge in [0.25, 0.3) is 5.69 Å². The van der Waals surface area contributed by atoms with E-state index in [0.29, 0.717) is 28.4 Å². The lowest BCUT2D eigenvalue weighted by Gasteiger charge is -2.28. The second-order valence-electron chi connectivity index (χ2n) is 6.05. The molecule has 0 spiro atoms. The molecule has 1 fully saturated rings. The van der Waals surface area contributed by atoms with Crippen molar-refractivity contribution in [1.29, 1.82) is 0 Å². The largest absolute Gasteiger partial charge is 0.402 e. The lowest BCUT2D eigenvalue weighted by atomic mass is 9.83. The number of nitrogens with two attached hydrogens (primary N) is 1. The number of carbonyl (C=O) groups excluding carboxylic acids is 1. The van der Waals surface area contributed by atoms with Crippen LogP contribution in [0, 0.1) is 10.1 Å². The van der Waals surface area contributed by atoms with E-state index >= 15 is 0 Å². The quantitative estimate of drug-likeness (QED) is 0.654. The van der Waals surface area contributed by atoms with Crippen LogP contribution in [0.15, 0.2) is 70.9 Å². The molecule has 7 heteroatoms. The first-order chi connectivity index (χ1) is 12.5. The molecule has 1 unspecified atom stereocenters. The number of amides is 1. The summed E-state index contributed by atoms with van der Waals surface area (Å²) >= 11 is 0. The predicted molar refractivity (Wildman–Crippen MR) is 99.0 cm³/mol. The molecule has 1 aliphatic heterocycles. The molecular formula is C19H18N4O3. The molecule has 0 bridgehead atoms. The molecule has 132 valence electrons. The smallest absolute Gasteiger partial charge is 0.269 e. The second-order valence-corrected chi connectivity index (χ2v) is 6.05. The first-order valence-electron chi connectivity index (χ1n) is 8.10. The zero-order valence-electron chi connectivity index (χ0n) is 14.2. The van der Waals surface area contributed by atoms with Gasteiger partial charge in [-0.3, -0.25) is 14.9 Å². The van der Waals surface area contributed by atoms with Gasteiger partial charge in [0.2, 0.25) is 5.91 Å². The van der Waals surface area contributed by atoms with E-state index in [-0.39, 0.29) is 18.0 Å². The lowest BCUT2D eigenvalue weighted by molar-refractivity contribution is -0.384. The van der Waals surface area contributed by atoms with Crippen molar-refractivity contribution in [2.24, 2.45) is 10.7 Å². The number of nitrogens with zero attached hydrogens (tertiary/aromatic N) is 2. The Morgan fingerprint density at radius 1 is 1.23 bits per heavy atom. The van der Waals surface area contributed by atoms with Crippen molar-refractivity contribution < 1.29 is 9.72 Å². The first kappa shape index (κ1) is 17.3. The molecule has 1 atom stereocenters. The topological polar surface area (TPSA) is 111 Å². The summed E-state index contributed by atoms with van der Waals surface area (Å²) in [5.41, 5.74) is 8.60. The number of rotatable bonds is 3. The molecule has 0 aliphatic carbocycles. The van der Waals surface area contributed by atoms with Crippen molar-refractivity contribution in [3.05, 3.63) is 81.5 Å². The van der Waals surface area contributed by atoms with Crippen LogP contribution >= 0.6 is 0 Å². The third-order valence-corrected chi connectivity index (χ3v) is 4.16. The summed E-state index contributed by atoms with van der Waals surface area (Å²) in [6, 6.07) is 15.5. The number of aliphatic imine (C=N–C) groups is 1. The van der Waals surface area contributed by atoms with Crippen LogP contribution in [0.3, 0.4) is 0 Å². The maximum Gasteiger partial charge on any atom is 0.269 e. The normalized spacial score (nSPS) is 20.6. The third kappa shape index (κ3) is 3.61. The van der Waals surface area contributed by atoms with Crippen molar-refractivity contribution in [2.45, 2.75) is 19.3 Å². The van der Waals surface area contributed by atoms with E-state index in [1.165, 1.54) is 12.1 Å². The van der Waals surface area contributed by atoms with E-state index in [1.807, 2.05) is 30.3 Å². The molecule has 1 aliphatic rings. The monoisotopic (exact) mass is 350 g/mol. The Kier molecular flexibility index (Phi) is 4.79. The van der Waals surface area contributed by atoms with Crippen molar-refractivity contribution in [2.75, 3.05) is 0 Å². The Morgan fingerprint density at radius 3 is 2.62 bits per heavy atom. The fourth-order valence-corrected chi connectivity index (χ4v) is 3.02. The fourth-order valence-electron chi connectivity index (χ4n) is 3.02. The van der Waals surface area contributed by atoms with Crippen LogP contribution in [0.5, 0.6) is 0 Å². The number of carbonyl (C=O) groups is 1. The minimum absolute atomic E-state index is 0.0240. The molecule has 2 aromatic carbocycles. The molecule has 1 heterocycles. The van der Waals surface area contributed by atoms with Gasteiger partial charge in [0.05, 0.1) is 10.6 Å². The molecule has 3 rings (SSSR count). The van der Waals surface area contributed by atoms with Gasteiger partial charge in [-0.1, -0.05) is 30.3 Å². The number of nitro benzene ring substituents is 1. The van der Waals surface area contributed by atoms with Gasteiger partial charge >= 0.3 is 0 Å². The van der Waals surface area contributed by atoms with Gasteiger partial charge in [-0.2, -0.15) is 0 Å². The van der Waals surface area contributed by atoms with Crippen molar-refractivity contribution >= 4 is 23.1 Å². The predicted octanol–water partition coefficient (Wildman–Crippen LogP) is 3.16. The number of hydrogen-bond acceptors (Lipinski definition) is 5. The van der Waals surface area contributed by atoms with Crippen molar-refractivity contribution in [1.82, 2.24) is 5.32 Å². The van der Waals surface area contributed by atoms with Crippen LogP contribution in [0.1, 0.15) is 24.8 Å². The van der Waals surface area contributed by atoms with Crippen LogP contribution < -0.4 is 11.1 Å². The Morgan fingerprint density at radius 2 is 1.96 bits per heavy atom. The summed E-state index contributed by atoms with van der Waals surface area (Å²) in [7, 11) is 0. The highest BCUT2D eigenvalue weighted by Crippen LogP contribution is 2.34. The summed E-state index contributed by atoms with van der Waals surface area (Å²) in [5.74, 6) is -0.221. The number of non-ortho nitro benzene ring substituents is 1. The van der Waals surface area contributed by atoms with Crippen LogP contribution in [0.25, 0.3) is 0 Å². The van der Waals surface area contributed by atoms with Crippen LogP contribution in [0.2, 0.25) is 0 Å². The molecule has 0 saturated carbocycles. The molecule has 3 N–H and O–H groups in total. The van der Waals surface area contributed by atoms with Crippen LogP contribution in [0.4, 0.5) is 11.4 Å². The molecule has 26 heavy (non-hydrogen) atoms. The average Bonchev–Trinajstić information content (AvgIpc) is 2.62. The number of benzene rings is 2. The summed E-state index contributed by atoms with van der Waals surface area (Å²) < 4.78 is 0. The molecule has 7 nitrogen and oxygen atoms in total. The minimum Gasteiger partial charge on any atom is -0.402 e. The average molecular weight is 350 g/mol. The fraction of sp³-hybridized carbons (Fsp3) is 0.158. The van der Waals surface area contributed by atoms with Gasteiger partial charge in [0.15, 0.2) is 0 Å². The highest BCUT2D eigenvalue weighted by atomic mass is 16.6. The van der Waals surface area contributed by atoms with Gasteiger partial charge in [-0.25, -0.2) is 4.99 Å². The van der Waals surface area contributed by atoms with E-state index in [0.717, 1.165) is 0 Å². The zero-order chi connectivity index (χ0) is 18.7. The SMILES string of the molecule is C/C(N)=C1/C(=Nc2ccccc2)NC(=O)CC1c1cccc([N+](=O)[O-])c1. The molecule has 0 aromatic heterocycles. The van der Waals surface area contributed by atoms with Gasteiger partial charge in [-0.05, 0) is 24.6 Å². The van der Waals surface area contributed by atoms with Gasteiger partial charge < -0.3 is 11.1 Å². The number of amidine groups is 1. The molecule has 0 radical (unpaired) electrons. The van der Waals surface area contributed by atoms with Crippen LogP contribution in [-0.2, 0) is 4.79 Å². The van der Waals surface area contributed by atoms with Crippen molar-refractivity contribution in [3.8, 4) is 0 Å². The van der Waals surface area contributed by atoms with Gasteiger partial charge in [0, 0.05) is 35.7 Å². The summed E-state index contributed by atoms with van der Waals surface area (Å²) in [4.78, 5) is 27.4. The van der Waals surface area contributed by atoms with E-state index in [9.17, 15) is 14.9 Å². The molecule has 1 amide bonds. The third-order valence-electron chi connectivity index (χ3n) is 4.16. The summed E-state index contributed by atoms with van der Waals surface area (Å²) in [5, 5.41) is 13.9. The molecular weight excluding hydrogens is 332 g/mol. The standard InChI is InChI=1S/C19H18N4O3/c1-12(20)18-16(13-6-5-9-15(10-13)23(25)26)11-17(24)22-19(18)21-14-7-3-2-4-8-14/h2-10,16H,11,20H2,1H3,(H,21,22,24)/b18-12-. The van der Waals surface area contributed by atoms with Gasteiger partial charge in [0.1, 0.15) is 5.84 Å². The lowest BCUT2D eigenvalue weighted by Crippen LogP contribution is -2.41. The highest BCUT2D eigenvalue weighted by molar-refractivity contribution is 6.13. The maximum atomic E-state index is 12.2. The Balaban J connectivity index is 2.09. The Bertz CT molecular complexity index is 915. The van der Waals surface area contributed by atoms with Crippen molar-refractivity contribution in [3.63, 3.8) is 0 Å². The minimum atomic E-state index is -0.454. The molecule has 1 saturated heterocycles. The van der Waals surface area contributed by atoms with Crippen LogP contribution in [-0.4, -0.2) is 16.7 Å². The van der Waals surface area contributed by atoms with Gasteiger partial charge in [-0.15, -0.1) is 0 Å². The Labute approximate surface area is 150 Å². The first-order valence-corrected chi connectivity index (χ1v) is 8.10. The van der Waals surface area contributed by atoms with E-state index in [1.54, 1.807) is 19.1 Å². The number of para-hydroxylation sites is 1. The highest BCUT2D eigenvalue weighted by Gasteiger charge is 2.32. The number of hydrogen-bond donors (Lipinski definition) is 2. The number of nitrogens with one attached hydrogen (secondary N) is 1.